The van der Waals surface area contributed by atoms with Crippen LogP contribution in [0.3, 0.4) is 0 Å². The van der Waals surface area contributed by atoms with E-state index in [1.165, 1.54) is 25.7 Å². The van der Waals surface area contributed by atoms with Gasteiger partial charge in [-0.25, -0.2) is 0 Å². The highest BCUT2D eigenvalue weighted by Crippen LogP contribution is 2.26. The van der Waals surface area contributed by atoms with Gasteiger partial charge >= 0.3 is 0 Å². The molecule has 0 radical (unpaired) electrons. The van der Waals surface area contributed by atoms with Crippen molar-refractivity contribution < 1.29 is 9.84 Å². The van der Waals surface area contributed by atoms with E-state index in [9.17, 15) is 5.11 Å². The molecule has 1 rings (SSSR count). The molecule has 3 atom stereocenters. The second-order valence-corrected chi connectivity index (χ2v) is 5.84. The number of aliphatic hydroxyl groups excluding tert-OH is 1. The molecule has 0 aromatic heterocycles. The molecule has 0 spiro atoms. The van der Waals surface area contributed by atoms with Gasteiger partial charge in [-0.05, 0) is 45.6 Å². The first-order valence-electron chi connectivity index (χ1n) is 7.01. The van der Waals surface area contributed by atoms with Gasteiger partial charge < -0.3 is 15.2 Å². The summed E-state index contributed by atoms with van der Waals surface area (Å²) in [7, 11) is 1.90. The third-order valence-electron chi connectivity index (χ3n) is 4.07. The van der Waals surface area contributed by atoms with E-state index in [4.69, 9.17) is 4.74 Å². The van der Waals surface area contributed by atoms with Crippen LogP contribution in [-0.2, 0) is 4.74 Å². The summed E-state index contributed by atoms with van der Waals surface area (Å²) in [6.07, 6.45) is 7.59. The maximum atomic E-state index is 9.26. The average molecular weight is 243 g/mol. The highest BCUT2D eigenvalue weighted by molar-refractivity contribution is 4.80. The summed E-state index contributed by atoms with van der Waals surface area (Å²) in [4.78, 5) is 0. The molecule has 17 heavy (non-hydrogen) atoms. The van der Waals surface area contributed by atoms with Gasteiger partial charge in [-0.2, -0.15) is 0 Å². The molecule has 0 heterocycles. The summed E-state index contributed by atoms with van der Waals surface area (Å²) < 4.78 is 5.93. The summed E-state index contributed by atoms with van der Waals surface area (Å²) in [5, 5.41) is 12.4. The predicted molar refractivity (Wildman–Crippen MR) is 71.2 cm³/mol. The van der Waals surface area contributed by atoms with E-state index in [1.54, 1.807) is 0 Å². The van der Waals surface area contributed by atoms with Crippen LogP contribution in [0.15, 0.2) is 0 Å². The van der Waals surface area contributed by atoms with Crippen molar-refractivity contribution in [2.45, 2.75) is 64.0 Å². The number of nitrogens with one attached hydrogen (secondary N) is 1. The molecule has 2 N–H and O–H groups in total. The van der Waals surface area contributed by atoms with E-state index in [2.05, 4.69) is 19.2 Å². The summed E-state index contributed by atoms with van der Waals surface area (Å²) in [5.74, 6) is 0.828. The summed E-state index contributed by atoms with van der Waals surface area (Å²) in [6.45, 7) is 5.38. The van der Waals surface area contributed by atoms with Crippen LogP contribution in [0, 0.1) is 5.92 Å². The highest BCUT2D eigenvalue weighted by Gasteiger charge is 2.21. The molecule has 0 bridgehead atoms. The SMILES string of the molecule is CNC(C)(CO)CCCOC1CCCC(C)C1. The summed E-state index contributed by atoms with van der Waals surface area (Å²) in [6, 6.07) is 0. The van der Waals surface area contributed by atoms with E-state index < -0.39 is 0 Å². The fourth-order valence-corrected chi connectivity index (χ4v) is 2.53. The number of likely N-dealkylation sites (N-methyl/N-ethyl adjacent to an activating group) is 1. The minimum absolute atomic E-state index is 0.150. The molecule has 0 amide bonds. The molecule has 3 heteroatoms. The zero-order chi connectivity index (χ0) is 12.7. The normalized spacial score (nSPS) is 28.9. The first-order chi connectivity index (χ1) is 8.09. The van der Waals surface area contributed by atoms with Gasteiger partial charge in [0.2, 0.25) is 0 Å². The molecular formula is C14H29NO2. The Kier molecular flexibility index (Phi) is 6.45. The van der Waals surface area contributed by atoms with Crippen molar-refractivity contribution >= 4 is 0 Å². The van der Waals surface area contributed by atoms with E-state index in [0.29, 0.717) is 6.10 Å². The number of rotatable bonds is 7. The molecule has 0 saturated heterocycles. The molecule has 0 aromatic carbocycles. The Hall–Kier alpha value is -0.120. The lowest BCUT2D eigenvalue weighted by Crippen LogP contribution is -2.43. The van der Waals surface area contributed by atoms with Crippen molar-refractivity contribution in [3.63, 3.8) is 0 Å². The Morgan fingerprint density at radius 1 is 1.41 bits per heavy atom. The lowest BCUT2D eigenvalue weighted by atomic mass is 9.89. The average Bonchev–Trinajstić information content (AvgIpc) is 2.34. The molecular weight excluding hydrogens is 214 g/mol. The Labute approximate surface area is 106 Å². The molecule has 1 aliphatic carbocycles. The third kappa shape index (κ3) is 5.36. The number of aliphatic hydroxyl groups is 1. The van der Waals surface area contributed by atoms with Crippen LogP contribution in [0.25, 0.3) is 0 Å². The minimum atomic E-state index is -0.150. The van der Waals surface area contributed by atoms with Crippen molar-refractivity contribution in [2.24, 2.45) is 5.92 Å². The van der Waals surface area contributed by atoms with Crippen molar-refractivity contribution in [1.29, 1.82) is 0 Å². The van der Waals surface area contributed by atoms with Crippen molar-refractivity contribution in [2.75, 3.05) is 20.3 Å². The second-order valence-electron chi connectivity index (χ2n) is 5.84. The van der Waals surface area contributed by atoms with Gasteiger partial charge in [-0.1, -0.05) is 19.8 Å². The van der Waals surface area contributed by atoms with Crippen molar-refractivity contribution in [3.05, 3.63) is 0 Å². The lowest BCUT2D eigenvalue weighted by molar-refractivity contribution is 0.0103. The zero-order valence-electron chi connectivity index (χ0n) is 11.7. The predicted octanol–water partition coefficient (Wildman–Crippen LogP) is 2.33. The lowest BCUT2D eigenvalue weighted by Gasteiger charge is -2.29. The van der Waals surface area contributed by atoms with Gasteiger partial charge in [0, 0.05) is 12.1 Å². The van der Waals surface area contributed by atoms with E-state index in [1.807, 2.05) is 7.05 Å². The third-order valence-corrected chi connectivity index (χ3v) is 4.07. The van der Waals surface area contributed by atoms with Crippen molar-refractivity contribution in [3.8, 4) is 0 Å². The van der Waals surface area contributed by atoms with Gasteiger partial charge in [0.25, 0.3) is 0 Å². The summed E-state index contributed by atoms with van der Waals surface area (Å²) >= 11 is 0. The van der Waals surface area contributed by atoms with Crippen LogP contribution in [0.4, 0.5) is 0 Å². The van der Waals surface area contributed by atoms with Gasteiger partial charge in [0.1, 0.15) is 0 Å². The monoisotopic (exact) mass is 243 g/mol. The van der Waals surface area contributed by atoms with Crippen LogP contribution in [0.2, 0.25) is 0 Å². The quantitative estimate of drug-likeness (QED) is 0.674. The largest absolute Gasteiger partial charge is 0.394 e. The first-order valence-corrected chi connectivity index (χ1v) is 7.01. The van der Waals surface area contributed by atoms with Gasteiger partial charge in [-0.3, -0.25) is 0 Å². The van der Waals surface area contributed by atoms with Gasteiger partial charge in [-0.15, -0.1) is 0 Å². The Bertz CT molecular complexity index is 204. The molecule has 1 aliphatic rings. The smallest absolute Gasteiger partial charge is 0.0610 e. The maximum absolute atomic E-state index is 9.26. The molecule has 0 aromatic rings. The summed E-state index contributed by atoms with van der Waals surface area (Å²) in [5.41, 5.74) is -0.150. The van der Waals surface area contributed by atoms with Gasteiger partial charge in [0.05, 0.1) is 12.7 Å². The maximum Gasteiger partial charge on any atom is 0.0610 e. The van der Waals surface area contributed by atoms with Crippen LogP contribution in [0.5, 0.6) is 0 Å². The Balaban J connectivity index is 2.11. The Morgan fingerprint density at radius 2 is 2.18 bits per heavy atom. The number of hydrogen-bond donors (Lipinski definition) is 2. The van der Waals surface area contributed by atoms with Crippen molar-refractivity contribution in [1.82, 2.24) is 5.32 Å². The Morgan fingerprint density at radius 3 is 2.76 bits per heavy atom. The highest BCUT2D eigenvalue weighted by atomic mass is 16.5. The standard InChI is InChI=1S/C14H29NO2/c1-12-6-4-7-13(10-12)17-9-5-8-14(2,11-16)15-3/h12-13,15-16H,4-11H2,1-3H3. The van der Waals surface area contributed by atoms with Crippen LogP contribution >= 0.6 is 0 Å². The number of ether oxygens (including phenoxy) is 1. The zero-order valence-corrected chi connectivity index (χ0v) is 11.7. The molecule has 3 unspecified atom stereocenters. The fraction of sp³-hybridized carbons (Fsp3) is 1.00. The van der Waals surface area contributed by atoms with E-state index in [0.717, 1.165) is 25.4 Å². The molecule has 3 nitrogen and oxygen atoms in total. The van der Waals surface area contributed by atoms with E-state index >= 15 is 0 Å². The fourth-order valence-electron chi connectivity index (χ4n) is 2.53. The van der Waals surface area contributed by atoms with Gasteiger partial charge in [0.15, 0.2) is 0 Å². The first kappa shape index (κ1) is 14.9. The molecule has 0 aliphatic heterocycles. The minimum Gasteiger partial charge on any atom is -0.394 e. The van der Waals surface area contributed by atoms with Crippen LogP contribution in [-0.4, -0.2) is 37.0 Å². The topological polar surface area (TPSA) is 41.5 Å². The van der Waals surface area contributed by atoms with E-state index in [-0.39, 0.29) is 12.1 Å². The molecule has 102 valence electrons. The molecule has 1 fully saturated rings. The molecule has 1 saturated carbocycles. The number of hydrogen-bond acceptors (Lipinski definition) is 3. The van der Waals surface area contributed by atoms with Crippen LogP contribution < -0.4 is 5.32 Å². The second kappa shape index (κ2) is 7.34. The van der Waals surface area contributed by atoms with Crippen LogP contribution in [0.1, 0.15) is 52.4 Å².